The van der Waals surface area contributed by atoms with Gasteiger partial charge in [0, 0.05) is 36.6 Å². The number of nitrogens with one attached hydrogen (secondary N) is 1. The van der Waals surface area contributed by atoms with E-state index < -0.39 is 5.60 Å². The normalized spacial score (nSPS) is 15.2. The van der Waals surface area contributed by atoms with Gasteiger partial charge in [-0.15, -0.1) is 5.10 Å². The minimum atomic E-state index is -0.659. The molecule has 3 heterocycles. The highest BCUT2D eigenvalue weighted by Crippen LogP contribution is 2.31. The zero-order chi connectivity index (χ0) is 19.9. The molecule has 0 bridgehead atoms. The van der Waals surface area contributed by atoms with Gasteiger partial charge in [-0.1, -0.05) is 12.1 Å². The van der Waals surface area contributed by atoms with E-state index >= 15 is 0 Å². The van der Waals surface area contributed by atoms with Gasteiger partial charge in [0.15, 0.2) is 5.82 Å². The number of aromatic nitrogens is 3. The summed E-state index contributed by atoms with van der Waals surface area (Å²) in [5, 5.41) is 33.1. The van der Waals surface area contributed by atoms with Crippen LogP contribution in [0.4, 0.5) is 11.6 Å². The van der Waals surface area contributed by atoms with Crippen LogP contribution in [0.5, 0.6) is 0 Å². The quantitative estimate of drug-likeness (QED) is 0.724. The lowest BCUT2D eigenvalue weighted by Gasteiger charge is -2.45. The van der Waals surface area contributed by atoms with E-state index in [4.69, 9.17) is 0 Å². The molecule has 2 aromatic heterocycles. The van der Waals surface area contributed by atoms with Crippen LogP contribution in [0.1, 0.15) is 29.3 Å². The van der Waals surface area contributed by atoms with Gasteiger partial charge in [-0.2, -0.15) is 10.4 Å². The first-order chi connectivity index (χ1) is 13.4. The van der Waals surface area contributed by atoms with Crippen LogP contribution in [0.2, 0.25) is 0 Å². The third-order valence-electron chi connectivity index (χ3n) is 5.23. The molecule has 1 aliphatic rings. The summed E-state index contributed by atoms with van der Waals surface area (Å²) in [5.41, 5.74) is 2.84. The summed E-state index contributed by atoms with van der Waals surface area (Å²) in [7, 11) is 0. The Morgan fingerprint density at radius 3 is 2.75 bits per heavy atom. The van der Waals surface area contributed by atoms with Crippen LogP contribution in [0.3, 0.4) is 0 Å². The molecule has 28 heavy (non-hydrogen) atoms. The number of hydrogen-bond donors (Lipinski definition) is 2. The second-order valence-electron chi connectivity index (χ2n) is 7.63. The van der Waals surface area contributed by atoms with Crippen molar-refractivity contribution in [3.8, 4) is 6.07 Å². The van der Waals surface area contributed by atoms with Crippen LogP contribution < -0.4 is 10.2 Å². The summed E-state index contributed by atoms with van der Waals surface area (Å²) < 4.78 is 0. The van der Waals surface area contributed by atoms with Crippen molar-refractivity contribution in [3.05, 3.63) is 52.8 Å². The lowest BCUT2D eigenvalue weighted by atomic mass is 9.97. The Kier molecular flexibility index (Phi) is 4.36. The largest absolute Gasteiger partial charge is 0.386 e. The predicted molar refractivity (Wildman–Crippen MR) is 108 cm³/mol. The molecule has 0 spiro atoms. The zero-order valence-corrected chi connectivity index (χ0v) is 16.2. The summed E-state index contributed by atoms with van der Waals surface area (Å²) in [6.07, 6.45) is 1.81. The number of fused-ring (bicyclic) bond motifs is 1. The first kappa shape index (κ1) is 18.1. The molecule has 7 nitrogen and oxygen atoms in total. The number of hydrogen-bond acceptors (Lipinski definition) is 7. The number of β-amino-alcohol motifs (C(OH)–C–C–N with tert-alkyl or cyclic N) is 1. The van der Waals surface area contributed by atoms with E-state index in [1.807, 2.05) is 56.1 Å². The average Bonchev–Trinajstić information content (AvgIpc) is 2.66. The van der Waals surface area contributed by atoms with Crippen molar-refractivity contribution in [2.75, 3.05) is 23.3 Å². The molecular formula is C21H22N6O. The Bertz CT molecular complexity index is 1090. The van der Waals surface area contributed by atoms with E-state index in [1.165, 1.54) is 0 Å². The van der Waals surface area contributed by atoms with Crippen LogP contribution in [-0.2, 0) is 6.54 Å². The Morgan fingerprint density at radius 1 is 1.25 bits per heavy atom. The summed E-state index contributed by atoms with van der Waals surface area (Å²) in [6.45, 7) is 7.36. The Balaban J connectivity index is 1.65. The highest BCUT2D eigenvalue weighted by molar-refractivity contribution is 5.94. The molecule has 0 saturated carbocycles. The smallest absolute Gasteiger partial charge is 0.157 e. The monoisotopic (exact) mass is 374 g/mol. The summed E-state index contributed by atoms with van der Waals surface area (Å²) in [5.74, 6) is 1.50. The maximum Gasteiger partial charge on any atom is 0.157 e. The average molecular weight is 374 g/mol. The van der Waals surface area contributed by atoms with Gasteiger partial charge >= 0.3 is 0 Å². The van der Waals surface area contributed by atoms with Gasteiger partial charge in [0.25, 0.3) is 0 Å². The summed E-state index contributed by atoms with van der Waals surface area (Å²) in [6, 6.07) is 9.92. The molecule has 1 aromatic carbocycles. The molecular weight excluding hydrogens is 352 g/mol. The molecule has 0 amide bonds. The highest BCUT2D eigenvalue weighted by Gasteiger charge is 2.37. The first-order valence-corrected chi connectivity index (χ1v) is 9.21. The van der Waals surface area contributed by atoms with Crippen molar-refractivity contribution in [3.63, 3.8) is 0 Å². The number of nitrogens with zero attached hydrogens (tertiary/aromatic N) is 5. The Hall–Kier alpha value is -3.24. The van der Waals surface area contributed by atoms with E-state index in [0.29, 0.717) is 31.0 Å². The molecule has 0 aliphatic carbocycles. The van der Waals surface area contributed by atoms with Gasteiger partial charge in [0.2, 0.25) is 0 Å². The zero-order valence-electron chi connectivity index (χ0n) is 16.2. The molecule has 1 saturated heterocycles. The number of rotatable bonds is 4. The molecule has 142 valence electrons. The fourth-order valence-corrected chi connectivity index (χ4v) is 3.58. The maximum absolute atomic E-state index is 10.0. The number of aryl methyl sites for hydroxylation is 1. The number of aliphatic hydroxyl groups is 1. The Morgan fingerprint density at radius 2 is 2.04 bits per heavy atom. The van der Waals surface area contributed by atoms with Crippen LogP contribution in [0, 0.1) is 25.2 Å². The van der Waals surface area contributed by atoms with Gasteiger partial charge in [-0.05, 0) is 44.0 Å². The van der Waals surface area contributed by atoms with E-state index in [0.717, 1.165) is 33.4 Å². The molecule has 4 rings (SSSR count). The molecule has 2 N–H and O–H groups in total. The van der Waals surface area contributed by atoms with Crippen molar-refractivity contribution in [2.24, 2.45) is 0 Å². The SMILES string of the molecule is Cc1c(C#N)cccc1CNc1nnc(C)c2cnc(N3CC(C)(O)C3)cc12. The van der Waals surface area contributed by atoms with E-state index in [1.54, 1.807) is 0 Å². The topological polar surface area (TPSA) is 98.0 Å². The van der Waals surface area contributed by atoms with Crippen molar-refractivity contribution in [2.45, 2.75) is 32.9 Å². The maximum atomic E-state index is 10.0. The van der Waals surface area contributed by atoms with E-state index in [9.17, 15) is 10.4 Å². The van der Waals surface area contributed by atoms with Crippen molar-refractivity contribution >= 4 is 22.4 Å². The third kappa shape index (κ3) is 3.23. The lowest BCUT2D eigenvalue weighted by molar-refractivity contribution is 0.0305. The number of benzene rings is 1. The van der Waals surface area contributed by atoms with E-state index in [2.05, 4.69) is 26.6 Å². The standard InChI is InChI=1S/C21H22N6O/c1-13-15(8-22)5-4-6-16(13)9-24-20-17-7-19(27-11-21(3,28)12-27)23-10-18(17)14(2)25-26-20/h4-7,10,28H,9,11-12H2,1-3H3,(H,24,26). The second-order valence-corrected chi connectivity index (χ2v) is 7.63. The molecule has 1 fully saturated rings. The van der Waals surface area contributed by atoms with Gasteiger partial charge in [0.05, 0.1) is 22.9 Å². The van der Waals surface area contributed by atoms with Crippen LogP contribution in [0.25, 0.3) is 10.8 Å². The molecule has 0 radical (unpaired) electrons. The molecule has 1 aliphatic heterocycles. The summed E-state index contributed by atoms with van der Waals surface area (Å²) >= 11 is 0. The highest BCUT2D eigenvalue weighted by atomic mass is 16.3. The van der Waals surface area contributed by atoms with Crippen molar-refractivity contribution < 1.29 is 5.11 Å². The van der Waals surface area contributed by atoms with Crippen LogP contribution in [-0.4, -0.2) is 39.0 Å². The fourth-order valence-electron chi connectivity index (χ4n) is 3.58. The van der Waals surface area contributed by atoms with Gasteiger partial charge < -0.3 is 15.3 Å². The minimum absolute atomic E-state index is 0.546. The minimum Gasteiger partial charge on any atom is -0.386 e. The lowest BCUT2D eigenvalue weighted by Crippen LogP contribution is -2.60. The Labute approximate surface area is 163 Å². The van der Waals surface area contributed by atoms with Crippen molar-refractivity contribution in [1.82, 2.24) is 15.2 Å². The molecule has 3 aromatic rings. The number of pyridine rings is 1. The molecule has 0 unspecified atom stereocenters. The van der Waals surface area contributed by atoms with Crippen LogP contribution >= 0.6 is 0 Å². The summed E-state index contributed by atoms with van der Waals surface area (Å²) in [4.78, 5) is 6.58. The number of nitriles is 1. The fraction of sp³-hybridized carbons (Fsp3) is 0.333. The van der Waals surface area contributed by atoms with Crippen LogP contribution in [0.15, 0.2) is 30.5 Å². The predicted octanol–water partition coefficient (Wildman–Crippen LogP) is 2.70. The van der Waals surface area contributed by atoms with Gasteiger partial charge in [-0.3, -0.25) is 0 Å². The number of anilines is 2. The second kappa shape index (κ2) is 6.73. The molecule has 0 atom stereocenters. The first-order valence-electron chi connectivity index (χ1n) is 9.21. The van der Waals surface area contributed by atoms with Gasteiger partial charge in [-0.25, -0.2) is 4.98 Å². The van der Waals surface area contributed by atoms with E-state index in [-0.39, 0.29) is 0 Å². The van der Waals surface area contributed by atoms with Gasteiger partial charge in [0.1, 0.15) is 5.82 Å². The third-order valence-corrected chi connectivity index (χ3v) is 5.23. The molecule has 7 heteroatoms. The van der Waals surface area contributed by atoms with Crippen molar-refractivity contribution in [1.29, 1.82) is 5.26 Å².